The molecule has 8 heteroatoms. The van der Waals surface area contributed by atoms with Crippen LogP contribution in [0.5, 0.6) is 5.75 Å². The predicted octanol–water partition coefficient (Wildman–Crippen LogP) is -0.438. The summed E-state index contributed by atoms with van der Waals surface area (Å²) in [5.41, 5.74) is 0. The third-order valence-corrected chi connectivity index (χ3v) is 3.60. The molecule has 1 aromatic carbocycles. The van der Waals surface area contributed by atoms with Crippen LogP contribution in [0.4, 0.5) is 0 Å². The lowest BCUT2D eigenvalue weighted by atomic mass is 9.99. The molecule has 4 N–H and O–H groups in total. The molecule has 0 aliphatic carbocycles. The van der Waals surface area contributed by atoms with E-state index in [2.05, 4.69) is 22.6 Å². The molecule has 0 saturated carbocycles. The topological polar surface area (TPSA) is 116 Å². The van der Waals surface area contributed by atoms with E-state index in [4.69, 9.17) is 14.6 Å². The van der Waals surface area contributed by atoms with Gasteiger partial charge in [0.05, 0.1) is 0 Å². The molecular weight excluding hydrogens is 383 g/mol. The standard InChI is InChI=1S/C12H13IO7/c13-5-1-3-6(4-2-5)19-12-9(16)7(14)8(15)10(20-12)11(17)18/h1-4,7-10,12,14-16H,(H,17,18)/t7-,8-,9+,10-,12+/m0/s1. The highest BCUT2D eigenvalue weighted by Crippen LogP contribution is 2.24. The van der Waals surface area contributed by atoms with E-state index in [-0.39, 0.29) is 0 Å². The summed E-state index contributed by atoms with van der Waals surface area (Å²) in [5, 5.41) is 37.8. The van der Waals surface area contributed by atoms with E-state index in [9.17, 15) is 20.1 Å². The monoisotopic (exact) mass is 396 g/mol. The molecule has 0 amide bonds. The highest BCUT2D eigenvalue weighted by molar-refractivity contribution is 14.1. The van der Waals surface area contributed by atoms with Crippen molar-refractivity contribution < 1.29 is 34.7 Å². The number of ether oxygens (including phenoxy) is 2. The maximum Gasteiger partial charge on any atom is 0.335 e. The van der Waals surface area contributed by atoms with Gasteiger partial charge in [-0.05, 0) is 46.9 Å². The molecule has 0 bridgehead atoms. The lowest BCUT2D eigenvalue weighted by Crippen LogP contribution is -2.61. The zero-order chi connectivity index (χ0) is 14.9. The van der Waals surface area contributed by atoms with Crippen LogP contribution >= 0.6 is 22.6 Å². The predicted molar refractivity (Wildman–Crippen MR) is 74.1 cm³/mol. The fraction of sp³-hybridized carbons (Fsp3) is 0.417. The Morgan fingerprint density at radius 2 is 1.70 bits per heavy atom. The van der Waals surface area contributed by atoms with Crippen LogP contribution in [0.3, 0.4) is 0 Å². The van der Waals surface area contributed by atoms with Crippen LogP contribution in [-0.4, -0.2) is 57.1 Å². The second-order valence-corrected chi connectivity index (χ2v) is 5.55. The zero-order valence-electron chi connectivity index (χ0n) is 10.1. The lowest BCUT2D eigenvalue weighted by Gasteiger charge is -2.38. The van der Waals surface area contributed by atoms with Gasteiger partial charge in [0.2, 0.25) is 6.29 Å². The minimum Gasteiger partial charge on any atom is -0.479 e. The van der Waals surface area contributed by atoms with E-state index >= 15 is 0 Å². The Balaban J connectivity index is 2.13. The number of halogens is 1. The van der Waals surface area contributed by atoms with E-state index in [1.165, 1.54) is 0 Å². The van der Waals surface area contributed by atoms with Crippen LogP contribution in [0, 0.1) is 3.57 Å². The van der Waals surface area contributed by atoms with Gasteiger partial charge in [0, 0.05) is 3.57 Å². The molecule has 1 saturated heterocycles. The summed E-state index contributed by atoms with van der Waals surface area (Å²) in [5.74, 6) is -1.10. The molecule has 1 fully saturated rings. The van der Waals surface area contributed by atoms with Gasteiger partial charge in [-0.2, -0.15) is 0 Å². The molecule has 110 valence electrons. The summed E-state index contributed by atoms with van der Waals surface area (Å²) in [6.07, 6.45) is -7.99. The highest BCUT2D eigenvalue weighted by Gasteiger charge is 2.48. The van der Waals surface area contributed by atoms with E-state index in [1.807, 2.05) is 0 Å². The number of hydrogen-bond donors (Lipinski definition) is 4. The molecule has 20 heavy (non-hydrogen) atoms. The Hall–Kier alpha value is -0.940. The first-order valence-corrected chi connectivity index (χ1v) is 6.82. The third kappa shape index (κ3) is 3.20. The van der Waals surface area contributed by atoms with Crippen molar-refractivity contribution in [1.82, 2.24) is 0 Å². The Labute approximate surface area is 127 Å². The maximum atomic E-state index is 10.9. The van der Waals surface area contributed by atoms with Crippen molar-refractivity contribution in [2.24, 2.45) is 0 Å². The number of carboxylic acids is 1. The zero-order valence-corrected chi connectivity index (χ0v) is 12.2. The summed E-state index contributed by atoms with van der Waals surface area (Å²) < 4.78 is 11.3. The Morgan fingerprint density at radius 3 is 2.25 bits per heavy atom. The van der Waals surface area contributed by atoms with Crippen LogP contribution in [0.2, 0.25) is 0 Å². The highest BCUT2D eigenvalue weighted by atomic mass is 127. The summed E-state index contributed by atoms with van der Waals surface area (Å²) in [7, 11) is 0. The van der Waals surface area contributed by atoms with Gasteiger partial charge in [-0.1, -0.05) is 0 Å². The number of carboxylic acid groups (broad SMARTS) is 1. The van der Waals surface area contributed by atoms with Crippen LogP contribution < -0.4 is 4.74 Å². The first-order valence-electron chi connectivity index (χ1n) is 5.75. The lowest BCUT2D eigenvalue weighted by molar-refractivity contribution is -0.271. The van der Waals surface area contributed by atoms with Crippen LogP contribution in [0.25, 0.3) is 0 Å². The molecule has 7 nitrogen and oxygen atoms in total. The fourth-order valence-electron chi connectivity index (χ4n) is 1.80. The van der Waals surface area contributed by atoms with Gasteiger partial charge in [-0.25, -0.2) is 4.79 Å². The number of benzene rings is 1. The van der Waals surface area contributed by atoms with Gasteiger partial charge in [-0.3, -0.25) is 0 Å². The Morgan fingerprint density at radius 1 is 1.10 bits per heavy atom. The minimum absolute atomic E-state index is 0.349. The third-order valence-electron chi connectivity index (χ3n) is 2.88. The van der Waals surface area contributed by atoms with Gasteiger partial charge in [0.1, 0.15) is 24.1 Å². The fourth-order valence-corrected chi connectivity index (χ4v) is 2.16. The van der Waals surface area contributed by atoms with Crippen molar-refractivity contribution in [3.8, 4) is 5.75 Å². The van der Waals surface area contributed by atoms with Crippen LogP contribution in [0.1, 0.15) is 0 Å². The molecule has 1 aliphatic rings. The quantitative estimate of drug-likeness (QED) is 0.512. The second kappa shape index (κ2) is 6.22. The van der Waals surface area contributed by atoms with Crippen LogP contribution in [-0.2, 0) is 9.53 Å². The van der Waals surface area contributed by atoms with Crippen molar-refractivity contribution in [2.75, 3.05) is 0 Å². The normalized spacial score (nSPS) is 33.7. The number of aliphatic hydroxyl groups is 3. The molecule has 1 aromatic rings. The van der Waals surface area contributed by atoms with Crippen molar-refractivity contribution >= 4 is 28.6 Å². The Kier molecular flexibility index (Phi) is 4.81. The van der Waals surface area contributed by atoms with Crippen molar-refractivity contribution in [1.29, 1.82) is 0 Å². The first kappa shape index (κ1) is 15.4. The van der Waals surface area contributed by atoms with Gasteiger partial charge in [0.15, 0.2) is 6.10 Å². The van der Waals surface area contributed by atoms with Gasteiger partial charge < -0.3 is 29.9 Å². The van der Waals surface area contributed by atoms with Crippen molar-refractivity contribution in [3.05, 3.63) is 27.8 Å². The van der Waals surface area contributed by atoms with E-state index in [0.29, 0.717) is 5.75 Å². The molecule has 1 heterocycles. The van der Waals surface area contributed by atoms with Crippen molar-refractivity contribution in [3.63, 3.8) is 0 Å². The molecule has 5 atom stereocenters. The molecule has 2 rings (SSSR count). The Bertz CT molecular complexity index is 477. The molecular formula is C12H13IO7. The number of aliphatic hydroxyl groups excluding tert-OH is 3. The maximum absolute atomic E-state index is 10.9. The minimum atomic E-state index is -1.72. The van der Waals surface area contributed by atoms with Gasteiger partial charge in [0.25, 0.3) is 0 Å². The number of hydrogen-bond acceptors (Lipinski definition) is 6. The summed E-state index contributed by atoms with van der Waals surface area (Å²) >= 11 is 2.10. The average molecular weight is 396 g/mol. The molecule has 0 unspecified atom stereocenters. The van der Waals surface area contributed by atoms with E-state index in [0.717, 1.165) is 3.57 Å². The van der Waals surface area contributed by atoms with Gasteiger partial charge >= 0.3 is 5.97 Å². The smallest absolute Gasteiger partial charge is 0.335 e. The summed E-state index contributed by atoms with van der Waals surface area (Å²) in [6.45, 7) is 0. The SMILES string of the molecule is O=C(O)[C@H]1O[C@@H](Oc2ccc(I)cc2)[C@H](O)[C@@H](O)[C@@H]1O. The second-order valence-electron chi connectivity index (χ2n) is 4.31. The summed E-state index contributed by atoms with van der Waals surface area (Å²) in [4.78, 5) is 10.9. The summed E-state index contributed by atoms with van der Waals surface area (Å²) in [6, 6.07) is 6.74. The largest absolute Gasteiger partial charge is 0.479 e. The van der Waals surface area contributed by atoms with Crippen LogP contribution in [0.15, 0.2) is 24.3 Å². The number of carbonyl (C=O) groups is 1. The molecule has 1 aliphatic heterocycles. The number of rotatable bonds is 3. The van der Waals surface area contributed by atoms with Crippen molar-refractivity contribution in [2.45, 2.75) is 30.7 Å². The molecule has 0 radical (unpaired) electrons. The molecule has 0 spiro atoms. The molecule has 0 aromatic heterocycles. The van der Waals surface area contributed by atoms with E-state index < -0.39 is 36.7 Å². The number of aliphatic carboxylic acids is 1. The van der Waals surface area contributed by atoms with Gasteiger partial charge in [-0.15, -0.1) is 0 Å². The first-order chi connectivity index (χ1) is 9.40. The van der Waals surface area contributed by atoms with E-state index in [1.54, 1.807) is 24.3 Å². The average Bonchev–Trinajstić information content (AvgIpc) is 2.41.